The number of hydrogen-bond acceptors (Lipinski definition) is 6. The fourth-order valence-electron chi connectivity index (χ4n) is 2.60. The predicted octanol–water partition coefficient (Wildman–Crippen LogP) is 2.34. The second kappa shape index (κ2) is 7.46. The maximum Gasteiger partial charge on any atom is 0.271 e. The number of amides is 1. The molecule has 3 heterocycles. The van der Waals surface area contributed by atoms with Gasteiger partial charge in [-0.1, -0.05) is 18.2 Å². The number of fused-ring (bicyclic) bond motifs is 1. The van der Waals surface area contributed by atoms with Crippen LogP contribution in [0.15, 0.2) is 64.9 Å². The van der Waals surface area contributed by atoms with Crippen molar-refractivity contribution >= 4 is 28.3 Å². The Kier molecular flexibility index (Phi) is 4.71. The molecule has 0 saturated heterocycles. The van der Waals surface area contributed by atoms with E-state index in [1.807, 2.05) is 35.7 Å². The summed E-state index contributed by atoms with van der Waals surface area (Å²) in [5, 5.41) is 9.07. The number of benzene rings is 1. The monoisotopic (exact) mass is 377 g/mol. The Labute approximate surface area is 158 Å². The normalized spacial score (nSPS) is 10.8. The number of aromatic nitrogens is 4. The van der Waals surface area contributed by atoms with Crippen LogP contribution in [0.2, 0.25) is 0 Å². The smallest absolute Gasteiger partial charge is 0.271 e. The summed E-state index contributed by atoms with van der Waals surface area (Å²) in [5.41, 5.74) is 2.15. The van der Waals surface area contributed by atoms with Crippen LogP contribution >= 0.6 is 11.3 Å². The molecule has 134 valence electrons. The summed E-state index contributed by atoms with van der Waals surface area (Å²) in [6, 6.07) is 14.4. The Bertz CT molecular complexity index is 1150. The van der Waals surface area contributed by atoms with Crippen molar-refractivity contribution in [3.63, 3.8) is 0 Å². The van der Waals surface area contributed by atoms with Crippen molar-refractivity contribution in [2.75, 3.05) is 6.54 Å². The molecule has 7 nitrogen and oxygen atoms in total. The summed E-state index contributed by atoms with van der Waals surface area (Å²) in [6.45, 7) is 0.527. The lowest BCUT2D eigenvalue weighted by molar-refractivity contribution is 0.0947. The van der Waals surface area contributed by atoms with Crippen LogP contribution in [0.25, 0.3) is 21.6 Å². The van der Waals surface area contributed by atoms with Crippen LogP contribution < -0.4 is 10.9 Å². The van der Waals surface area contributed by atoms with Gasteiger partial charge in [0, 0.05) is 12.6 Å². The predicted molar refractivity (Wildman–Crippen MR) is 104 cm³/mol. The topological polar surface area (TPSA) is 89.8 Å². The minimum absolute atomic E-state index is 0.213. The SMILES string of the molecule is O=C(NCCn1nc(-c2cccs2)ccc1=O)c1cnc2ccccc2n1. The molecule has 0 unspecified atom stereocenters. The lowest BCUT2D eigenvalue weighted by atomic mass is 10.3. The molecule has 0 aliphatic rings. The highest BCUT2D eigenvalue weighted by Gasteiger charge is 2.09. The maximum atomic E-state index is 12.3. The number of nitrogens with zero attached hydrogens (tertiary/aromatic N) is 4. The average molecular weight is 377 g/mol. The van der Waals surface area contributed by atoms with Gasteiger partial charge in [0.05, 0.1) is 28.7 Å². The summed E-state index contributed by atoms with van der Waals surface area (Å²) < 4.78 is 1.35. The third-order valence-electron chi connectivity index (χ3n) is 3.93. The molecular weight excluding hydrogens is 362 g/mol. The first kappa shape index (κ1) is 17.0. The van der Waals surface area contributed by atoms with E-state index < -0.39 is 0 Å². The Morgan fingerprint density at radius 1 is 1.07 bits per heavy atom. The third kappa shape index (κ3) is 3.75. The van der Waals surface area contributed by atoms with Crippen molar-refractivity contribution in [1.29, 1.82) is 0 Å². The van der Waals surface area contributed by atoms with E-state index in [0.717, 1.165) is 16.1 Å². The van der Waals surface area contributed by atoms with E-state index >= 15 is 0 Å². The molecule has 1 aromatic carbocycles. The lowest BCUT2D eigenvalue weighted by Crippen LogP contribution is -2.32. The molecule has 0 spiro atoms. The summed E-state index contributed by atoms with van der Waals surface area (Å²) in [5.74, 6) is -0.337. The molecule has 0 saturated carbocycles. The van der Waals surface area contributed by atoms with E-state index in [4.69, 9.17) is 0 Å². The highest BCUT2D eigenvalue weighted by atomic mass is 32.1. The van der Waals surface area contributed by atoms with Crippen LogP contribution in [-0.2, 0) is 6.54 Å². The maximum absolute atomic E-state index is 12.3. The number of rotatable bonds is 5. The van der Waals surface area contributed by atoms with Crippen molar-refractivity contribution in [3.8, 4) is 10.6 Å². The van der Waals surface area contributed by atoms with Gasteiger partial charge in [0.25, 0.3) is 11.5 Å². The van der Waals surface area contributed by atoms with E-state index in [1.165, 1.54) is 16.9 Å². The molecule has 0 aliphatic heterocycles. The average Bonchev–Trinajstić information content (AvgIpc) is 3.24. The molecular formula is C19H15N5O2S. The zero-order chi connectivity index (χ0) is 18.6. The molecule has 27 heavy (non-hydrogen) atoms. The first-order valence-corrected chi connectivity index (χ1v) is 9.21. The van der Waals surface area contributed by atoms with E-state index in [0.29, 0.717) is 5.52 Å². The Morgan fingerprint density at radius 2 is 1.93 bits per heavy atom. The van der Waals surface area contributed by atoms with Gasteiger partial charge in [-0.15, -0.1) is 11.3 Å². The summed E-state index contributed by atoms with van der Waals surface area (Å²) in [7, 11) is 0. The van der Waals surface area contributed by atoms with Crippen molar-refractivity contribution in [1.82, 2.24) is 25.1 Å². The van der Waals surface area contributed by atoms with Gasteiger partial charge in [-0.2, -0.15) is 5.10 Å². The highest BCUT2D eigenvalue weighted by molar-refractivity contribution is 7.13. The van der Waals surface area contributed by atoms with Gasteiger partial charge in [0.15, 0.2) is 0 Å². The summed E-state index contributed by atoms with van der Waals surface area (Å²) in [6.07, 6.45) is 1.44. The Balaban J connectivity index is 1.44. The molecule has 0 radical (unpaired) electrons. The number of hydrogen-bond donors (Lipinski definition) is 1. The van der Waals surface area contributed by atoms with Crippen LogP contribution in [0.4, 0.5) is 0 Å². The molecule has 0 bridgehead atoms. The fraction of sp³-hybridized carbons (Fsp3) is 0.105. The highest BCUT2D eigenvalue weighted by Crippen LogP contribution is 2.20. The van der Waals surface area contributed by atoms with Gasteiger partial charge in [-0.25, -0.2) is 9.67 Å². The van der Waals surface area contributed by atoms with E-state index in [-0.39, 0.29) is 30.2 Å². The number of nitrogens with one attached hydrogen (secondary N) is 1. The molecule has 0 aliphatic carbocycles. The zero-order valence-electron chi connectivity index (χ0n) is 14.2. The summed E-state index contributed by atoms with van der Waals surface area (Å²) in [4.78, 5) is 33.8. The van der Waals surface area contributed by atoms with Crippen molar-refractivity contribution in [3.05, 3.63) is 76.2 Å². The van der Waals surface area contributed by atoms with Gasteiger partial charge in [0.2, 0.25) is 0 Å². The van der Waals surface area contributed by atoms with Crippen LogP contribution in [0.3, 0.4) is 0 Å². The van der Waals surface area contributed by atoms with E-state index in [2.05, 4.69) is 20.4 Å². The molecule has 4 aromatic rings. The van der Waals surface area contributed by atoms with Crippen molar-refractivity contribution in [2.24, 2.45) is 0 Å². The van der Waals surface area contributed by atoms with Crippen molar-refractivity contribution < 1.29 is 4.79 Å². The molecule has 1 amide bonds. The quantitative estimate of drug-likeness (QED) is 0.577. The van der Waals surface area contributed by atoms with Crippen LogP contribution in [0.1, 0.15) is 10.5 Å². The first-order chi connectivity index (χ1) is 13.2. The molecule has 1 N–H and O–H groups in total. The van der Waals surface area contributed by atoms with Crippen LogP contribution in [-0.4, -0.2) is 32.2 Å². The lowest BCUT2D eigenvalue weighted by Gasteiger charge is -2.08. The molecule has 0 atom stereocenters. The molecule has 8 heteroatoms. The van der Waals surface area contributed by atoms with Gasteiger partial charge < -0.3 is 5.32 Å². The Morgan fingerprint density at radius 3 is 2.74 bits per heavy atom. The third-order valence-corrected chi connectivity index (χ3v) is 4.82. The second-order valence-electron chi connectivity index (χ2n) is 5.76. The largest absolute Gasteiger partial charge is 0.349 e. The molecule has 0 fully saturated rings. The standard InChI is InChI=1S/C19H15N5O2S/c25-18-8-7-15(17-6-3-11-27-17)23-24(18)10-9-20-19(26)16-12-21-13-4-1-2-5-14(13)22-16/h1-8,11-12H,9-10H2,(H,20,26). The van der Waals surface area contributed by atoms with Crippen molar-refractivity contribution in [2.45, 2.75) is 6.54 Å². The second-order valence-corrected chi connectivity index (χ2v) is 6.70. The van der Waals surface area contributed by atoms with Gasteiger partial charge >= 0.3 is 0 Å². The number of thiophene rings is 1. The first-order valence-electron chi connectivity index (χ1n) is 8.33. The number of carbonyl (C=O) groups excluding carboxylic acids is 1. The van der Waals surface area contributed by atoms with E-state index in [1.54, 1.807) is 23.5 Å². The number of carbonyl (C=O) groups is 1. The minimum Gasteiger partial charge on any atom is -0.349 e. The van der Waals surface area contributed by atoms with Gasteiger partial charge in [-0.05, 0) is 29.6 Å². The van der Waals surface area contributed by atoms with E-state index in [9.17, 15) is 9.59 Å². The van der Waals surface area contributed by atoms with Crippen LogP contribution in [0, 0.1) is 0 Å². The van der Waals surface area contributed by atoms with Gasteiger partial charge in [-0.3, -0.25) is 14.6 Å². The zero-order valence-corrected chi connectivity index (χ0v) is 15.0. The fourth-order valence-corrected chi connectivity index (χ4v) is 3.29. The summed E-state index contributed by atoms with van der Waals surface area (Å²) >= 11 is 1.55. The number of para-hydroxylation sites is 2. The molecule has 4 rings (SSSR count). The van der Waals surface area contributed by atoms with Gasteiger partial charge in [0.1, 0.15) is 11.4 Å². The van der Waals surface area contributed by atoms with Crippen LogP contribution in [0.5, 0.6) is 0 Å². The minimum atomic E-state index is -0.337. The molecule has 3 aromatic heterocycles. The Hall–Kier alpha value is -3.39.